The molecule has 0 fully saturated rings. The maximum atomic E-state index is 8.56. The average molecular weight is 214 g/mol. The van der Waals surface area contributed by atoms with Gasteiger partial charge in [0.15, 0.2) is 0 Å². The van der Waals surface area contributed by atoms with E-state index in [1.807, 2.05) is 48.5 Å². The van der Waals surface area contributed by atoms with E-state index < -0.39 is 0 Å². The van der Waals surface area contributed by atoms with E-state index in [-0.39, 0.29) is 0 Å². The molecule has 0 saturated heterocycles. The first-order valence-corrected chi connectivity index (χ1v) is 4.94. The van der Waals surface area contributed by atoms with Crippen molar-refractivity contribution < 1.29 is 0 Å². The number of fused-ring (bicyclic) bond motifs is 1. The van der Waals surface area contributed by atoms with Crippen LogP contribution in [0.1, 0.15) is 5.56 Å². The van der Waals surface area contributed by atoms with E-state index in [2.05, 4.69) is 0 Å². The van der Waals surface area contributed by atoms with Gasteiger partial charge in [0.2, 0.25) is 0 Å². The van der Waals surface area contributed by atoms with Crippen LogP contribution in [0.5, 0.6) is 0 Å². The summed E-state index contributed by atoms with van der Waals surface area (Å²) >= 11 is 6.02. The molecule has 0 atom stereocenters. The molecule has 0 amide bonds. The van der Waals surface area contributed by atoms with Crippen molar-refractivity contribution in [3.8, 4) is 6.07 Å². The fraction of sp³-hybridized carbons (Fsp3) is 0. The monoisotopic (exact) mass is 213 g/mol. The van der Waals surface area contributed by atoms with Crippen LogP contribution in [0, 0.1) is 11.3 Å². The van der Waals surface area contributed by atoms with E-state index in [1.54, 1.807) is 0 Å². The third-order valence-electron chi connectivity index (χ3n) is 2.24. The first-order valence-electron chi connectivity index (χ1n) is 4.56. The van der Waals surface area contributed by atoms with Crippen LogP contribution < -0.4 is 0 Å². The number of hydrogen-bond donors (Lipinski definition) is 0. The van der Waals surface area contributed by atoms with E-state index in [0.717, 1.165) is 16.3 Å². The largest absolute Gasteiger partial charge is 0.193 e. The highest BCUT2D eigenvalue weighted by atomic mass is 35.5. The van der Waals surface area contributed by atoms with Crippen molar-refractivity contribution in [2.45, 2.75) is 0 Å². The molecule has 0 bridgehead atoms. The van der Waals surface area contributed by atoms with Gasteiger partial charge in [0.05, 0.1) is 11.1 Å². The second-order valence-electron chi connectivity index (χ2n) is 3.15. The van der Waals surface area contributed by atoms with Gasteiger partial charge in [0, 0.05) is 11.6 Å². The molecule has 1 nitrogen and oxygen atoms in total. The number of benzene rings is 2. The lowest BCUT2D eigenvalue weighted by atomic mass is 10.0. The van der Waals surface area contributed by atoms with Gasteiger partial charge >= 0.3 is 0 Å². The van der Waals surface area contributed by atoms with Gasteiger partial charge in [-0.25, -0.2) is 0 Å². The molecule has 2 rings (SSSR count). The zero-order valence-corrected chi connectivity index (χ0v) is 8.70. The van der Waals surface area contributed by atoms with Crippen molar-refractivity contribution in [3.63, 3.8) is 0 Å². The Morgan fingerprint density at radius 1 is 1.13 bits per heavy atom. The molecule has 2 heteroatoms. The Kier molecular flexibility index (Phi) is 2.71. The van der Waals surface area contributed by atoms with E-state index in [9.17, 15) is 0 Å². The molecular weight excluding hydrogens is 206 g/mol. The Morgan fingerprint density at radius 2 is 1.87 bits per heavy atom. The van der Waals surface area contributed by atoms with Crippen LogP contribution >= 0.6 is 11.6 Å². The Labute approximate surface area is 93.2 Å². The topological polar surface area (TPSA) is 23.8 Å². The van der Waals surface area contributed by atoms with Crippen molar-refractivity contribution in [2.24, 2.45) is 0 Å². The molecule has 0 heterocycles. The number of nitrogens with zero attached hydrogens (tertiary/aromatic N) is 1. The van der Waals surface area contributed by atoms with Gasteiger partial charge in [0.25, 0.3) is 0 Å². The molecule has 0 saturated carbocycles. The quantitative estimate of drug-likeness (QED) is 0.659. The Balaban J connectivity index is 2.72. The molecule has 0 radical (unpaired) electrons. The summed E-state index contributed by atoms with van der Waals surface area (Å²) in [6.07, 6.45) is 1.35. The SMILES string of the molecule is N#C/C=C(\Cl)c1cccc2ccccc12. The maximum Gasteiger partial charge on any atom is 0.0927 e. The average Bonchev–Trinajstić information content (AvgIpc) is 2.28. The minimum absolute atomic E-state index is 0.481. The fourth-order valence-corrected chi connectivity index (χ4v) is 1.78. The Morgan fingerprint density at radius 3 is 2.67 bits per heavy atom. The molecule has 0 aliphatic heterocycles. The lowest BCUT2D eigenvalue weighted by Crippen LogP contribution is -1.80. The van der Waals surface area contributed by atoms with E-state index >= 15 is 0 Å². The van der Waals surface area contributed by atoms with Crippen molar-refractivity contribution in [3.05, 3.63) is 54.1 Å². The number of halogens is 1. The molecular formula is C13H8ClN. The van der Waals surface area contributed by atoms with Crippen molar-refractivity contribution in [1.29, 1.82) is 5.26 Å². The molecule has 0 aliphatic carbocycles. The first kappa shape index (κ1) is 9.76. The number of nitriles is 1. The summed E-state index contributed by atoms with van der Waals surface area (Å²) < 4.78 is 0. The number of rotatable bonds is 1. The highest BCUT2D eigenvalue weighted by Gasteiger charge is 2.02. The van der Waals surface area contributed by atoms with Gasteiger partial charge < -0.3 is 0 Å². The highest BCUT2D eigenvalue weighted by Crippen LogP contribution is 2.27. The summed E-state index contributed by atoms with van der Waals surface area (Å²) in [5.41, 5.74) is 0.899. The van der Waals surface area contributed by atoms with Gasteiger partial charge in [0.1, 0.15) is 0 Å². The third-order valence-corrected chi connectivity index (χ3v) is 2.55. The van der Waals surface area contributed by atoms with Gasteiger partial charge in [-0.2, -0.15) is 5.26 Å². The van der Waals surface area contributed by atoms with E-state index in [0.29, 0.717) is 5.03 Å². The number of hydrogen-bond acceptors (Lipinski definition) is 1. The standard InChI is InChI=1S/C13H8ClN/c14-13(8-9-15)12-7-3-5-10-4-1-2-6-11(10)12/h1-8H/b13-8-. The summed E-state index contributed by atoms with van der Waals surface area (Å²) in [4.78, 5) is 0. The Bertz CT molecular complexity index is 559. The molecule has 72 valence electrons. The minimum atomic E-state index is 0.481. The second-order valence-corrected chi connectivity index (χ2v) is 3.56. The molecule has 2 aromatic rings. The second kappa shape index (κ2) is 4.16. The normalized spacial score (nSPS) is 11.3. The number of allylic oxidation sites excluding steroid dienone is 1. The maximum absolute atomic E-state index is 8.56. The predicted molar refractivity (Wildman–Crippen MR) is 63.4 cm³/mol. The van der Waals surface area contributed by atoms with Gasteiger partial charge in [-0.1, -0.05) is 54.1 Å². The van der Waals surface area contributed by atoms with E-state index in [4.69, 9.17) is 16.9 Å². The fourth-order valence-electron chi connectivity index (χ4n) is 1.57. The van der Waals surface area contributed by atoms with Crippen LogP contribution in [-0.2, 0) is 0 Å². The summed E-state index contributed by atoms with van der Waals surface area (Å²) in [5, 5.41) is 11.2. The molecule has 0 aromatic heterocycles. The van der Waals surface area contributed by atoms with Crippen molar-refractivity contribution >= 4 is 27.4 Å². The molecule has 0 unspecified atom stereocenters. The third kappa shape index (κ3) is 1.86. The van der Waals surface area contributed by atoms with Crippen LogP contribution in [0.25, 0.3) is 15.8 Å². The molecule has 0 spiro atoms. The van der Waals surface area contributed by atoms with Crippen LogP contribution in [0.2, 0.25) is 0 Å². The van der Waals surface area contributed by atoms with Crippen molar-refractivity contribution in [1.82, 2.24) is 0 Å². The smallest absolute Gasteiger partial charge is 0.0927 e. The zero-order chi connectivity index (χ0) is 10.7. The predicted octanol–water partition coefficient (Wildman–Crippen LogP) is 3.94. The summed E-state index contributed by atoms with van der Waals surface area (Å²) in [6, 6.07) is 15.8. The summed E-state index contributed by atoms with van der Waals surface area (Å²) in [5.74, 6) is 0. The summed E-state index contributed by atoms with van der Waals surface area (Å²) in [7, 11) is 0. The molecule has 15 heavy (non-hydrogen) atoms. The lowest BCUT2D eigenvalue weighted by molar-refractivity contribution is 1.54. The van der Waals surface area contributed by atoms with Gasteiger partial charge in [-0.05, 0) is 10.8 Å². The van der Waals surface area contributed by atoms with Crippen LogP contribution in [0.3, 0.4) is 0 Å². The van der Waals surface area contributed by atoms with E-state index in [1.165, 1.54) is 6.08 Å². The summed E-state index contributed by atoms with van der Waals surface area (Å²) in [6.45, 7) is 0. The zero-order valence-electron chi connectivity index (χ0n) is 7.94. The lowest BCUT2D eigenvalue weighted by Gasteiger charge is -2.03. The van der Waals surface area contributed by atoms with Crippen LogP contribution in [0.15, 0.2) is 48.5 Å². The van der Waals surface area contributed by atoms with Gasteiger partial charge in [-0.3, -0.25) is 0 Å². The molecule has 0 N–H and O–H groups in total. The van der Waals surface area contributed by atoms with Crippen LogP contribution in [-0.4, -0.2) is 0 Å². The molecule has 0 aliphatic rings. The van der Waals surface area contributed by atoms with Crippen LogP contribution in [0.4, 0.5) is 0 Å². The highest BCUT2D eigenvalue weighted by molar-refractivity contribution is 6.50. The minimum Gasteiger partial charge on any atom is -0.193 e. The van der Waals surface area contributed by atoms with Gasteiger partial charge in [-0.15, -0.1) is 0 Å². The molecule has 2 aromatic carbocycles. The Hall–Kier alpha value is -1.78. The van der Waals surface area contributed by atoms with Crippen molar-refractivity contribution in [2.75, 3.05) is 0 Å². The first-order chi connectivity index (χ1) is 7.33.